The molecule has 0 aliphatic rings. The zero-order chi connectivity index (χ0) is 17.6. The van der Waals surface area contributed by atoms with Crippen LogP contribution in [0.15, 0.2) is 53.3 Å². The van der Waals surface area contributed by atoms with Gasteiger partial charge in [0.15, 0.2) is 0 Å². The smallest absolute Gasteiger partial charge is 0.277 e. The highest BCUT2D eigenvalue weighted by Gasteiger charge is 2.07. The van der Waals surface area contributed by atoms with Crippen LogP contribution in [0.5, 0.6) is 0 Å². The molecule has 0 bridgehead atoms. The van der Waals surface area contributed by atoms with E-state index < -0.39 is 0 Å². The van der Waals surface area contributed by atoms with Crippen molar-refractivity contribution in [2.75, 3.05) is 6.54 Å². The van der Waals surface area contributed by atoms with E-state index in [1.807, 2.05) is 24.3 Å². The minimum atomic E-state index is -0.174. The second-order valence-electron chi connectivity index (χ2n) is 5.88. The van der Waals surface area contributed by atoms with Gasteiger partial charge in [-0.15, -0.1) is 5.10 Å². The number of unbranched alkanes of at least 4 members (excludes halogenated alkanes) is 1. The summed E-state index contributed by atoms with van der Waals surface area (Å²) in [5, 5.41) is 11.5. The lowest BCUT2D eigenvalue weighted by atomic mass is 10.1. The predicted octanol–water partition coefficient (Wildman–Crippen LogP) is 2.37. The third kappa shape index (κ3) is 3.91. The van der Waals surface area contributed by atoms with Crippen molar-refractivity contribution in [2.24, 2.45) is 0 Å². The van der Waals surface area contributed by atoms with E-state index in [1.165, 1.54) is 4.68 Å². The summed E-state index contributed by atoms with van der Waals surface area (Å²) in [6.45, 7) is 3.08. The van der Waals surface area contributed by atoms with Crippen molar-refractivity contribution in [3.05, 3.63) is 70.0 Å². The van der Waals surface area contributed by atoms with Crippen LogP contribution in [0.3, 0.4) is 0 Å². The van der Waals surface area contributed by atoms with Crippen LogP contribution in [0, 0.1) is 0 Å². The van der Waals surface area contributed by atoms with Gasteiger partial charge in [0, 0.05) is 12.1 Å². The first kappa shape index (κ1) is 16.8. The van der Waals surface area contributed by atoms with Crippen molar-refractivity contribution in [1.82, 2.24) is 20.3 Å². The molecule has 25 heavy (non-hydrogen) atoms. The molecule has 6 nitrogen and oxygen atoms in total. The third-order valence-corrected chi connectivity index (χ3v) is 3.99. The van der Waals surface area contributed by atoms with E-state index in [1.54, 1.807) is 24.3 Å². The van der Waals surface area contributed by atoms with Gasteiger partial charge >= 0.3 is 0 Å². The van der Waals surface area contributed by atoms with Gasteiger partial charge in [0.25, 0.3) is 11.5 Å². The number of hydrogen-bond donors (Lipinski definition) is 1. The number of aromatic nitrogens is 3. The van der Waals surface area contributed by atoms with E-state index in [4.69, 9.17) is 0 Å². The van der Waals surface area contributed by atoms with Crippen molar-refractivity contribution in [3.8, 4) is 0 Å². The summed E-state index contributed by atoms with van der Waals surface area (Å²) in [6.07, 6.45) is 2.01. The number of carbonyl (C=O) groups is 1. The van der Waals surface area contributed by atoms with Gasteiger partial charge in [-0.05, 0) is 36.2 Å². The lowest BCUT2D eigenvalue weighted by Gasteiger charge is -2.07. The van der Waals surface area contributed by atoms with E-state index in [9.17, 15) is 9.59 Å². The first-order chi connectivity index (χ1) is 12.2. The Hall–Kier alpha value is -3.02. The molecule has 0 fully saturated rings. The maximum atomic E-state index is 12.5. The fourth-order valence-electron chi connectivity index (χ4n) is 2.54. The topological polar surface area (TPSA) is 76.9 Å². The standard InChI is InChI=1S/C19H20N4O2/c1-2-3-12-20-18(24)15-10-8-14(9-11-15)13-23-19(25)16-6-4-5-7-17(16)21-22-23/h4-11H,2-3,12-13H2,1H3,(H,20,24). The molecular formula is C19H20N4O2. The molecule has 1 N–H and O–H groups in total. The van der Waals surface area contributed by atoms with Gasteiger partial charge in [-0.1, -0.05) is 42.8 Å². The SMILES string of the molecule is CCCCNC(=O)c1ccc(Cn2nnc3ccccc3c2=O)cc1. The molecule has 128 valence electrons. The Morgan fingerprint density at radius 1 is 1.12 bits per heavy atom. The maximum absolute atomic E-state index is 12.5. The summed E-state index contributed by atoms with van der Waals surface area (Å²) in [5.41, 5.74) is 1.91. The van der Waals surface area contributed by atoms with Gasteiger partial charge in [-0.2, -0.15) is 0 Å². The molecule has 0 atom stereocenters. The highest BCUT2D eigenvalue weighted by Crippen LogP contribution is 2.07. The van der Waals surface area contributed by atoms with Gasteiger partial charge in [-0.3, -0.25) is 9.59 Å². The molecule has 0 unspecified atom stereocenters. The van der Waals surface area contributed by atoms with Crippen molar-refractivity contribution < 1.29 is 4.79 Å². The van der Waals surface area contributed by atoms with Gasteiger partial charge in [0.05, 0.1) is 11.9 Å². The molecule has 0 saturated carbocycles. The molecular weight excluding hydrogens is 316 g/mol. The van der Waals surface area contributed by atoms with Crippen LogP contribution >= 0.6 is 0 Å². The van der Waals surface area contributed by atoms with Crippen molar-refractivity contribution in [2.45, 2.75) is 26.3 Å². The minimum Gasteiger partial charge on any atom is -0.352 e. The van der Waals surface area contributed by atoms with Gasteiger partial charge in [0.1, 0.15) is 5.52 Å². The number of amides is 1. The summed E-state index contributed by atoms with van der Waals surface area (Å²) in [4.78, 5) is 24.5. The van der Waals surface area contributed by atoms with Crippen molar-refractivity contribution in [1.29, 1.82) is 0 Å². The molecule has 3 rings (SSSR count). The zero-order valence-electron chi connectivity index (χ0n) is 14.1. The molecule has 0 saturated heterocycles. The van der Waals surface area contributed by atoms with Crippen LogP contribution in [-0.2, 0) is 6.54 Å². The average molecular weight is 336 g/mol. The van der Waals surface area contributed by atoms with Crippen LogP contribution < -0.4 is 10.9 Å². The molecule has 0 spiro atoms. The fraction of sp³-hybridized carbons (Fsp3) is 0.263. The first-order valence-corrected chi connectivity index (χ1v) is 8.38. The van der Waals surface area contributed by atoms with Gasteiger partial charge in [0.2, 0.25) is 0 Å². The van der Waals surface area contributed by atoms with Crippen LogP contribution in [-0.4, -0.2) is 27.4 Å². The van der Waals surface area contributed by atoms with E-state index in [0.29, 0.717) is 29.6 Å². The second-order valence-corrected chi connectivity index (χ2v) is 5.88. The number of carbonyl (C=O) groups excluding carboxylic acids is 1. The fourth-order valence-corrected chi connectivity index (χ4v) is 2.54. The van der Waals surface area contributed by atoms with E-state index in [0.717, 1.165) is 18.4 Å². The third-order valence-electron chi connectivity index (χ3n) is 3.99. The Morgan fingerprint density at radius 2 is 1.88 bits per heavy atom. The van der Waals surface area contributed by atoms with Crippen LogP contribution in [0.4, 0.5) is 0 Å². The molecule has 0 aliphatic heterocycles. The number of nitrogens with zero attached hydrogens (tertiary/aromatic N) is 3. The summed E-state index contributed by atoms with van der Waals surface area (Å²) >= 11 is 0. The molecule has 0 radical (unpaired) electrons. The molecule has 1 heterocycles. The maximum Gasteiger partial charge on any atom is 0.277 e. The zero-order valence-corrected chi connectivity index (χ0v) is 14.1. The van der Waals surface area contributed by atoms with Gasteiger partial charge < -0.3 is 5.32 Å². The molecule has 2 aromatic carbocycles. The summed E-state index contributed by atoms with van der Waals surface area (Å²) in [5.74, 6) is -0.0809. The lowest BCUT2D eigenvalue weighted by Crippen LogP contribution is -2.25. The normalized spacial score (nSPS) is 10.8. The van der Waals surface area contributed by atoms with Crippen LogP contribution in [0.2, 0.25) is 0 Å². The number of nitrogens with one attached hydrogen (secondary N) is 1. The number of hydrogen-bond acceptors (Lipinski definition) is 4. The molecule has 6 heteroatoms. The van der Waals surface area contributed by atoms with Gasteiger partial charge in [-0.25, -0.2) is 4.68 Å². The van der Waals surface area contributed by atoms with Crippen molar-refractivity contribution >= 4 is 16.8 Å². The van der Waals surface area contributed by atoms with E-state index in [-0.39, 0.29) is 11.5 Å². The summed E-state index contributed by atoms with van der Waals surface area (Å²) in [7, 11) is 0. The Kier molecular flexibility index (Phi) is 5.18. The second kappa shape index (κ2) is 7.70. The van der Waals surface area contributed by atoms with Crippen LogP contribution in [0.1, 0.15) is 35.7 Å². The molecule has 1 amide bonds. The lowest BCUT2D eigenvalue weighted by molar-refractivity contribution is 0.0953. The largest absolute Gasteiger partial charge is 0.352 e. The quantitative estimate of drug-likeness (QED) is 0.701. The van der Waals surface area contributed by atoms with E-state index >= 15 is 0 Å². The Bertz CT molecular complexity index is 932. The Balaban J connectivity index is 1.75. The summed E-state index contributed by atoms with van der Waals surface area (Å²) < 4.78 is 1.33. The average Bonchev–Trinajstić information content (AvgIpc) is 2.65. The minimum absolute atomic E-state index is 0.0809. The van der Waals surface area contributed by atoms with E-state index in [2.05, 4.69) is 22.6 Å². The highest BCUT2D eigenvalue weighted by atomic mass is 16.1. The van der Waals surface area contributed by atoms with Crippen LogP contribution in [0.25, 0.3) is 10.9 Å². The predicted molar refractivity (Wildman–Crippen MR) is 96.6 cm³/mol. The summed E-state index contributed by atoms with van der Waals surface area (Å²) in [6, 6.07) is 14.3. The highest BCUT2D eigenvalue weighted by molar-refractivity contribution is 5.94. The monoisotopic (exact) mass is 336 g/mol. The molecule has 0 aliphatic carbocycles. The number of fused-ring (bicyclic) bond motifs is 1. The Morgan fingerprint density at radius 3 is 2.64 bits per heavy atom. The first-order valence-electron chi connectivity index (χ1n) is 8.38. The Labute approximate surface area is 145 Å². The van der Waals surface area contributed by atoms with Crippen molar-refractivity contribution in [3.63, 3.8) is 0 Å². The molecule has 1 aromatic heterocycles. The molecule has 3 aromatic rings. The number of rotatable bonds is 6. The number of benzene rings is 2.